The van der Waals surface area contributed by atoms with Crippen molar-refractivity contribution in [3.63, 3.8) is 0 Å². The Kier molecular flexibility index (Phi) is 2.97. The van der Waals surface area contributed by atoms with Crippen LogP contribution in [-0.4, -0.2) is 20.2 Å². The zero-order valence-electron chi connectivity index (χ0n) is 8.43. The monoisotopic (exact) mass is 285 g/mol. The van der Waals surface area contributed by atoms with Crippen LogP contribution in [0.2, 0.25) is 0 Å². The predicted octanol–water partition coefficient (Wildman–Crippen LogP) is 1.58. The third kappa shape index (κ3) is 1.96. The number of nitrogens with zero attached hydrogens (tertiary/aromatic N) is 4. The van der Waals surface area contributed by atoms with Gasteiger partial charge in [0.2, 0.25) is 0 Å². The number of hydrogen-bond donors (Lipinski definition) is 1. The lowest BCUT2D eigenvalue weighted by molar-refractivity contribution is 0.594. The molecule has 0 saturated heterocycles. The summed E-state index contributed by atoms with van der Waals surface area (Å²) in [5.41, 5.74) is 5.96. The van der Waals surface area contributed by atoms with Crippen LogP contribution in [-0.2, 0) is 0 Å². The molecule has 0 bridgehead atoms. The van der Waals surface area contributed by atoms with Gasteiger partial charge in [0, 0.05) is 4.47 Å². The Morgan fingerprint density at radius 1 is 1.50 bits per heavy atom. The number of nitrogens with two attached hydrogens (primary N) is 1. The van der Waals surface area contributed by atoms with Crippen molar-refractivity contribution in [2.24, 2.45) is 5.73 Å². The fourth-order valence-electron chi connectivity index (χ4n) is 1.30. The van der Waals surface area contributed by atoms with Gasteiger partial charge in [-0.25, -0.2) is 4.39 Å². The van der Waals surface area contributed by atoms with E-state index in [0.717, 1.165) is 0 Å². The smallest absolute Gasteiger partial charge is 0.173 e. The van der Waals surface area contributed by atoms with Crippen molar-refractivity contribution in [2.45, 2.75) is 13.0 Å². The Hall–Kier alpha value is -1.34. The minimum absolute atomic E-state index is 0.278. The molecule has 0 amide bonds. The fourth-order valence-corrected chi connectivity index (χ4v) is 1.64. The number of rotatable bonds is 2. The number of benzene rings is 1. The van der Waals surface area contributed by atoms with Crippen LogP contribution in [0.4, 0.5) is 4.39 Å². The number of aromatic nitrogens is 4. The summed E-state index contributed by atoms with van der Waals surface area (Å²) in [4.78, 5) is 0. The van der Waals surface area contributed by atoms with Crippen molar-refractivity contribution < 1.29 is 4.39 Å². The van der Waals surface area contributed by atoms with Crippen LogP contribution >= 0.6 is 15.9 Å². The summed E-state index contributed by atoms with van der Waals surface area (Å²) in [7, 11) is 0. The summed E-state index contributed by atoms with van der Waals surface area (Å²) in [6.45, 7) is 1.74. The van der Waals surface area contributed by atoms with Gasteiger partial charge in [-0.1, -0.05) is 15.9 Å². The highest BCUT2D eigenvalue weighted by Gasteiger charge is 2.15. The van der Waals surface area contributed by atoms with E-state index in [1.807, 2.05) is 0 Å². The molecule has 2 rings (SSSR count). The summed E-state index contributed by atoms with van der Waals surface area (Å²) in [6, 6.07) is 4.28. The predicted molar refractivity (Wildman–Crippen MR) is 59.4 cm³/mol. The van der Waals surface area contributed by atoms with E-state index in [-0.39, 0.29) is 11.7 Å². The van der Waals surface area contributed by atoms with E-state index in [2.05, 4.69) is 31.5 Å². The summed E-state index contributed by atoms with van der Waals surface area (Å²) in [5, 5.41) is 11.0. The molecule has 0 aliphatic rings. The van der Waals surface area contributed by atoms with Crippen LogP contribution in [0.5, 0.6) is 0 Å². The molecule has 0 fully saturated rings. The third-order valence-corrected chi connectivity index (χ3v) is 2.53. The zero-order chi connectivity index (χ0) is 11.7. The third-order valence-electron chi connectivity index (χ3n) is 2.04. The first-order chi connectivity index (χ1) is 7.59. The maximum Gasteiger partial charge on any atom is 0.173 e. The summed E-state index contributed by atoms with van der Waals surface area (Å²) < 4.78 is 15.6. The molecule has 1 unspecified atom stereocenters. The molecule has 2 aromatic rings. The van der Waals surface area contributed by atoms with E-state index in [0.29, 0.717) is 10.3 Å². The molecule has 16 heavy (non-hydrogen) atoms. The van der Waals surface area contributed by atoms with Crippen LogP contribution in [0.1, 0.15) is 18.8 Å². The second-order valence-electron chi connectivity index (χ2n) is 3.33. The highest BCUT2D eigenvalue weighted by Crippen LogP contribution is 2.19. The Morgan fingerprint density at radius 3 is 2.88 bits per heavy atom. The van der Waals surface area contributed by atoms with Gasteiger partial charge in [-0.05, 0) is 35.5 Å². The van der Waals surface area contributed by atoms with Gasteiger partial charge in [-0.2, -0.15) is 4.68 Å². The van der Waals surface area contributed by atoms with Crippen molar-refractivity contribution >= 4 is 15.9 Å². The van der Waals surface area contributed by atoms with E-state index in [1.165, 1.54) is 10.7 Å². The molecule has 7 heteroatoms. The molecule has 0 saturated carbocycles. The van der Waals surface area contributed by atoms with Gasteiger partial charge in [0.25, 0.3) is 0 Å². The highest BCUT2D eigenvalue weighted by molar-refractivity contribution is 9.10. The molecule has 0 aliphatic heterocycles. The van der Waals surface area contributed by atoms with Gasteiger partial charge in [0.15, 0.2) is 5.82 Å². The zero-order valence-corrected chi connectivity index (χ0v) is 10.0. The Bertz CT molecular complexity index is 510. The highest BCUT2D eigenvalue weighted by atomic mass is 79.9. The van der Waals surface area contributed by atoms with Gasteiger partial charge in [-0.3, -0.25) is 0 Å². The van der Waals surface area contributed by atoms with E-state index >= 15 is 0 Å². The lowest BCUT2D eigenvalue weighted by Crippen LogP contribution is -2.14. The largest absolute Gasteiger partial charge is 0.321 e. The quantitative estimate of drug-likeness (QED) is 0.910. The normalized spacial score (nSPS) is 12.8. The van der Waals surface area contributed by atoms with Crippen LogP contribution in [0.15, 0.2) is 22.7 Å². The minimum Gasteiger partial charge on any atom is -0.321 e. The van der Waals surface area contributed by atoms with Gasteiger partial charge in [0.05, 0.1) is 6.04 Å². The first kappa shape index (κ1) is 11.2. The second-order valence-corrected chi connectivity index (χ2v) is 4.25. The summed E-state index contributed by atoms with van der Waals surface area (Å²) in [5.74, 6) is 0.00444. The van der Waals surface area contributed by atoms with Crippen LogP contribution in [0.3, 0.4) is 0 Å². The number of hydrogen-bond acceptors (Lipinski definition) is 4. The van der Waals surface area contributed by atoms with Crippen LogP contribution < -0.4 is 5.73 Å². The Labute approximate surface area is 99.6 Å². The Balaban J connectivity index is 2.54. The lowest BCUT2D eigenvalue weighted by atomic mass is 10.3. The van der Waals surface area contributed by atoms with E-state index in [4.69, 9.17) is 5.73 Å². The van der Waals surface area contributed by atoms with Gasteiger partial charge in [0.1, 0.15) is 11.5 Å². The molecule has 1 heterocycles. The molecule has 5 nitrogen and oxygen atoms in total. The number of halogens is 2. The summed E-state index contributed by atoms with van der Waals surface area (Å²) in [6.07, 6.45) is 0. The standard InChI is InChI=1S/C9H9BrFN5/c1-5(12)9-13-14-15-16(9)8-3-2-6(10)4-7(8)11/h2-5H,12H2,1H3. The fraction of sp³-hybridized carbons (Fsp3) is 0.222. The molecule has 1 atom stereocenters. The maximum absolute atomic E-state index is 13.7. The van der Waals surface area contributed by atoms with Crippen LogP contribution in [0, 0.1) is 5.82 Å². The second kappa shape index (κ2) is 4.26. The van der Waals surface area contributed by atoms with Crippen LogP contribution in [0.25, 0.3) is 5.69 Å². The van der Waals surface area contributed by atoms with Crippen molar-refractivity contribution in [1.29, 1.82) is 0 Å². The Morgan fingerprint density at radius 2 is 2.25 bits per heavy atom. The lowest BCUT2D eigenvalue weighted by Gasteiger charge is -2.07. The van der Waals surface area contributed by atoms with E-state index in [1.54, 1.807) is 19.1 Å². The molecule has 0 aliphatic carbocycles. The SMILES string of the molecule is CC(N)c1nnnn1-c1ccc(Br)cc1F. The van der Waals surface area contributed by atoms with Crippen molar-refractivity contribution in [3.05, 3.63) is 34.3 Å². The first-order valence-corrected chi connectivity index (χ1v) is 5.38. The van der Waals surface area contributed by atoms with Crippen molar-refractivity contribution in [3.8, 4) is 5.69 Å². The molecule has 84 valence electrons. The topological polar surface area (TPSA) is 69.6 Å². The van der Waals surface area contributed by atoms with E-state index in [9.17, 15) is 4.39 Å². The van der Waals surface area contributed by atoms with Crippen molar-refractivity contribution in [1.82, 2.24) is 20.2 Å². The van der Waals surface area contributed by atoms with Gasteiger partial charge >= 0.3 is 0 Å². The minimum atomic E-state index is -0.413. The summed E-state index contributed by atoms with van der Waals surface area (Å²) >= 11 is 3.18. The molecular weight excluding hydrogens is 277 g/mol. The molecule has 2 N–H and O–H groups in total. The van der Waals surface area contributed by atoms with E-state index < -0.39 is 5.82 Å². The molecular formula is C9H9BrFN5. The molecule has 1 aromatic carbocycles. The molecule has 0 radical (unpaired) electrons. The first-order valence-electron chi connectivity index (χ1n) is 4.59. The van der Waals surface area contributed by atoms with Gasteiger partial charge < -0.3 is 5.73 Å². The molecule has 0 spiro atoms. The van der Waals surface area contributed by atoms with Crippen molar-refractivity contribution in [2.75, 3.05) is 0 Å². The van der Waals surface area contributed by atoms with Gasteiger partial charge in [-0.15, -0.1) is 5.10 Å². The average Bonchev–Trinajstić information content (AvgIpc) is 2.66. The average molecular weight is 286 g/mol. The molecule has 1 aromatic heterocycles. The number of tetrazole rings is 1. The maximum atomic E-state index is 13.7.